The van der Waals surface area contributed by atoms with Crippen LogP contribution in [0.2, 0.25) is 5.02 Å². The highest BCUT2D eigenvalue weighted by Crippen LogP contribution is 2.22. The van der Waals surface area contributed by atoms with Crippen molar-refractivity contribution in [1.82, 2.24) is 15.0 Å². The lowest BCUT2D eigenvalue weighted by Crippen LogP contribution is -2.27. The van der Waals surface area contributed by atoms with Crippen LogP contribution in [0.1, 0.15) is 30.6 Å². The van der Waals surface area contributed by atoms with Crippen LogP contribution in [0, 0.1) is 5.92 Å². The van der Waals surface area contributed by atoms with E-state index in [4.69, 9.17) is 11.6 Å². The molecule has 0 radical (unpaired) electrons. The molecule has 0 amide bonds. The molecular weight excluding hydrogens is 450 g/mol. The normalized spacial score (nSPS) is 12.6. The molecule has 0 aliphatic heterocycles. The van der Waals surface area contributed by atoms with Crippen LogP contribution in [-0.2, 0) is 10.0 Å². The van der Waals surface area contributed by atoms with Gasteiger partial charge < -0.3 is 10.4 Å². The summed E-state index contributed by atoms with van der Waals surface area (Å²) in [5.74, 6) is 0.0202. The summed E-state index contributed by atoms with van der Waals surface area (Å²) in [7, 11) is -3.62. The Morgan fingerprint density at radius 3 is 2.47 bits per heavy atom. The van der Waals surface area contributed by atoms with Crippen LogP contribution < -0.4 is 10.0 Å². The predicted molar refractivity (Wildman–Crippen MR) is 119 cm³/mol. The van der Waals surface area contributed by atoms with E-state index in [2.05, 4.69) is 25.0 Å². The van der Waals surface area contributed by atoms with E-state index in [1.807, 2.05) is 13.8 Å². The van der Waals surface area contributed by atoms with Crippen molar-refractivity contribution in [3.63, 3.8) is 0 Å². The third-order valence-electron chi connectivity index (χ3n) is 3.71. The van der Waals surface area contributed by atoms with Crippen molar-refractivity contribution >= 4 is 51.1 Å². The number of rotatable bonds is 11. The topological polar surface area (TPSA) is 134 Å². The second kappa shape index (κ2) is 10.9. The Hall–Kier alpha value is -1.95. The number of ketones is 1. The van der Waals surface area contributed by atoms with Gasteiger partial charge in [0.15, 0.2) is 10.9 Å². The molecular formula is C18H24ClN5O4S2. The lowest BCUT2D eigenvalue weighted by molar-refractivity contribution is 0.102. The predicted octanol–water partition coefficient (Wildman–Crippen LogP) is 2.69. The molecule has 0 aliphatic carbocycles. The number of hydrogen-bond acceptors (Lipinski definition) is 9. The summed E-state index contributed by atoms with van der Waals surface area (Å²) in [6, 6.07) is 6.38. The zero-order valence-corrected chi connectivity index (χ0v) is 19.2. The summed E-state index contributed by atoms with van der Waals surface area (Å²) in [5.41, 5.74) is 0.380. The number of Topliss-reactive ketones (excluding diaryl/α,β-unsaturated/α-hetero) is 1. The maximum atomic E-state index is 12.4. The number of anilines is 2. The quantitative estimate of drug-likeness (QED) is 0.332. The van der Waals surface area contributed by atoms with Crippen molar-refractivity contribution in [2.24, 2.45) is 5.92 Å². The van der Waals surface area contributed by atoms with Crippen LogP contribution in [-0.4, -0.2) is 58.9 Å². The molecule has 2 aromatic rings. The third kappa shape index (κ3) is 8.05. The number of carbonyl (C=O) groups excluding carboxylic acids is 1. The van der Waals surface area contributed by atoms with Crippen LogP contribution in [0.25, 0.3) is 0 Å². The third-order valence-corrected chi connectivity index (χ3v) is 5.44. The van der Waals surface area contributed by atoms with E-state index in [0.29, 0.717) is 22.9 Å². The number of sulfonamides is 1. The largest absolute Gasteiger partial charge is 0.394 e. The van der Waals surface area contributed by atoms with Gasteiger partial charge in [-0.05, 0) is 24.5 Å². The molecule has 1 atom stereocenters. The fourth-order valence-electron chi connectivity index (χ4n) is 2.52. The van der Waals surface area contributed by atoms with Gasteiger partial charge in [0.05, 0.1) is 29.7 Å². The number of aromatic nitrogens is 3. The van der Waals surface area contributed by atoms with Gasteiger partial charge in [-0.3, -0.25) is 9.52 Å². The lowest BCUT2D eigenvalue weighted by atomic mass is 10.0. The lowest BCUT2D eigenvalue weighted by Gasteiger charge is -2.18. The van der Waals surface area contributed by atoms with Gasteiger partial charge in [0.25, 0.3) is 0 Å². The summed E-state index contributed by atoms with van der Waals surface area (Å²) in [6.45, 7) is 3.87. The molecule has 0 saturated heterocycles. The van der Waals surface area contributed by atoms with Crippen LogP contribution in [0.4, 0.5) is 11.9 Å². The van der Waals surface area contributed by atoms with Crippen molar-refractivity contribution in [2.45, 2.75) is 31.5 Å². The van der Waals surface area contributed by atoms with Crippen LogP contribution in [0.15, 0.2) is 29.4 Å². The van der Waals surface area contributed by atoms with E-state index in [-0.39, 0.29) is 41.2 Å². The van der Waals surface area contributed by atoms with E-state index in [1.54, 1.807) is 24.3 Å². The Morgan fingerprint density at radius 1 is 1.20 bits per heavy atom. The van der Waals surface area contributed by atoms with Gasteiger partial charge in [-0.25, -0.2) is 8.42 Å². The minimum Gasteiger partial charge on any atom is -0.394 e. The summed E-state index contributed by atoms with van der Waals surface area (Å²) >= 11 is 7.08. The monoisotopic (exact) mass is 473 g/mol. The van der Waals surface area contributed by atoms with Crippen molar-refractivity contribution in [3.8, 4) is 0 Å². The molecule has 0 aliphatic rings. The molecule has 1 heterocycles. The Morgan fingerprint density at radius 2 is 1.87 bits per heavy atom. The summed E-state index contributed by atoms with van der Waals surface area (Å²) < 4.78 is 25.4. The number of benzene rings is 1. The molecule has 0 spiro atoms. The van der Waals surface area contributed by atoms with Crippen molar-refractivity contribution in [2.75, 3.05) is 28.7 Å². The van der Waals surface area contributed by atoms with E-state index in [0.717, 1.165) is 18.0 Å². The Bertz CT molecular complexity index is 988. The fraction of sp³-hybridized carbons (Fsp3) is 0.444. The Balaban J connectivity index is 2.23. The fourth-order valence-corrected chi connectivity index (χ4v) is 3.90. The first-order chi connectivity index (χ1) is 14.1. The Labute approximate surface area is 185 Å². The van der Waals surface area contributed by atoms with Gasteiger partial charge in [0.2, 0.25) is 21.9 Å². The standard InChI is InChI=1S/C18H24ClN5O4S2/c1-11(2)8-12(9-25)20-16-21-17(24-30(3,27)28)23-18(22-16)29-10-15(26)13-6-4-5-7-14(13)19/h4-7,11-12,25H,8-10H2,1-3H3,(H2,20,21,22,23,24)/t12-/m1/s1. The number of aliphatic hydroxyl groups is 1. The van der Waals surface area contributed by atoms with E-state index < -0.39 is 10.0 Å². The van der Waals surface area contributed by atoms with Crippen molar-refractivity contribution < 1.29 is 18.3 Å². The average Bonchev–Trinajstić information content (AvgIpc) is 2.64. The molecule has 0 unspecified atom stereocenters. The number of aliphatic hydroxyl groups excluding tert-OH is 1. The molecule has 0 bridgehead atoms. The molecule has 3 N–H and O–H groups in total. The smallest absolute Gasteiger partial charge is 0.242 e. The van der Waals surface area contributed by atoms with Gasteiger partial charge in [-0.1, -0.05) is 49.3 Å². The minimum absolute atomic E-state index is 0.000917. The van der Waals surface area contributed by atoms with Gasteiger partial charge in [0.1, 0.15) is 0 Å². The zero-order valence-electron chi connectivity index (χ0n) is 16.8. The minimum atomic E-state index is -3.62. The second-order valence-electron chi connectivity index (χ2n) is 6.98. The van der Waals surface area contributed by atoms with Crippen LogP contribution in [0.5, 0.6) is 0 Å². The maximum Gasteiger partial charge on any atom is 0.242 e. The molecule has 164 valence electrons. The Kier molecular flexibility index (Phi) is 8.83. The number of halogens is 1. The first-order valence-electron chi connectivity index (χ1n) is 9.09. The number of carbonyl (C=O) groups is 1. The number of hydrogen-bond donors (Lipinski definition) is 3. The molecule has 0 fully saturated rings. The molecule has 12 heteroatoms. The van der Waals surface area contributed by atoms with Gasteiger partial charge >= 0.3 is 0 Å². The second-order valence-corrected chi connectivity index (χ2v) is 10.1. The van der Waals surface area contributed by atoms with Gasteiger partial charge in [-0.2, -0.15) is 15.0 Å². The number of nitrogens with one attached hydrogen (secondary N) is 2. The summed E-state index contributed by atoms with van der Waals surface area (Å²) in [4.78, 5) is 24.8. The molecule has 1 aromatic carbocycles. The van der Waals surface area contributed by atoms with Crippen LogP contribution >= 0.6 is 23.4 Å². The van der Waals surface area contributed by atoms with Crippen molar-refractivity contribution in [1.29, 1.82) is 0 Å². The first kappa shape index (κ1) is 24.3. The molecule has 9 nitrogen and oxygen atoms in total. The van der Waals surface area contributed by atoms with Crippen LogP contribution in [0.3, 0.4) is 0 Å². The van der Waals surface area contributed by atoms with Crippen molar-refractivity contribution in [3.05, 3.63) is 34.9 Å². The van der Waals surface area contributed by atoms with Gasteiger partial charge in [-0.15, -0.1) is 0 Å². The van der Waals surface area contributed by atoms with E-state index in [1.165, 1.54) is 0 Å². The number of thioether (sulfide) groups is 1. The average molecular weight is 474 g/mol. The zero-order chi connectivity index (χ0) is 22.3. The van der Waals surface area contributed by atoms with E-state index in [9.17, 15) is 18.3 Å². The highest BCUT2D eigenvalue weighted by atomic mass is 35.5. The highest BCUT2D eigenvalue weighted by Gasteiger charge is 2.17. The molecule has 1 aromatic heterocycles. The SMILES string of the molecule is CC(C)C[C@H](CO)Nc1nc(NS(C)(=O)=O)nc(SCC(=O)c2ccccc2Cl)n1. The molecule has 30 heavy (non-hydrogen) atoms. The summed E-state index contributed by atoms with van der Waals surface area (Å²) in [6.07, 6.45) is 1.64. The van der Waals surface area contributed by atoms with E-state index >= 15 is 0 Å². The number of nitrogens with zero attached hydrogens (tertiary/aromatic N) is 3. The first-order valence-corrected chi connectivity index (χ1v) is 12.3. The van der Waals surface area contributed by atoms with Gasteiger partial charge in [0, 0.05) is 5.56 Å². The highest BCUT2D eigenvalue weighted by molar-refractivity contribution is 7.99. The summed E-state index contributed by atoms with van der Waals surface area (Å²) in [5, 5.41) is 13.1. The molecule has 2 rings (SSSR count). The maximum absolute atomic E-state index is 12.4. The molecule has 0 saturated carbocycles.